The van der Waals surface area contributed by atoms with Gasteiger partial charge in [0.25, 0.3) is 5.91 Å². The maximum atomic E-state index is 12.9. The van der Waals surface area contributed by atoms with Crippen molar-refractivity contribution in [1.29, 1.82) is 0 Å². The average Bonchev–Trinajstić information content (AvgIpc) is 3.11. The first-order valence-electron chi connectivity index (χ1n) is 8.56. The minimum absolute atomic E-state index is 0.319. The number of amides is 2. The molecule has 0 radical (unpaired) electrons. The third-order valence-corrected chi connectivity index (χ3v) is 4.61. The van der Waals surface area contributed by atoms with Crippen LogP contribution in [-0.4, -0.2) is 30.7 Å². The molecule has 0 bridgehead atoms. The van der Waals surface area contributed by atoms with Crippen molar-refractivity contribution < 1.29 is 19.1 Å². The van der Waals surface area contributed by atoms with Gasteiger partial charge in [0.15, 0.2) is 5.13 Å². The van der Waals surface area contributed by atoms with Gasteiger partial charge in [0.05, 0.1) is 19.3 Å². The van der Waals surface area contributed by atoms with Gasteiger partial charge >= 0.3 is 6.09 Å². The molecule has 0 unspecified atom stereocenters. The molecule has 0 saturated carbocycles. The first-order chi connectivity index (χ1) is 13.6. The van der Waals surface area contributed by atoms with E-state index in [4.69, 9.17) is 4.74 Å². The largest absolute Gasteiger partial charge is 0.493 e. The molecule has 0 fully saturated rings. The van der Waals surface area contributed by atoms with E-state index in [0.717, 1.165) is 16.9 Å². The Morgan fingerprint density at radius 2 is 1.75 bits per heavy atom. The molecule has 0 atom stereocenters. The second kappa shape index (κ2) is 9.01. The van der Waals surface area contributed by atoms with Crippen molar-refractivity contribution in [1.82, 2.24) is 4.98 Å². The summed E-state index contributed by atoms with van der Waals surface area (Å²) in [6.45, 7) is 2.31. The number of aromatic nitrogens is 1. The summed E-state index contributed by atoms with van der Waals surface area (Å²) in [5.74, 6) is 0.177. The Kier molecular flexibility index (Phi) is 6.23. The van der Waals surface area contributed by atoms with Crippen LogP contribution >= 0.6 is 11.3 Å². The summed E-state index contributed by atoms with van der Waals surface area (Å²) in [6, 6.07) is 16.4. The zero-order valence-electron chi connectivity index (χ0n) is 15.4. The molecule has 3 rings (SSSR count). The van der Waals surface area contributed by atoms with E-state index in [0.29, 0.717) is 33.7 Å². The van der Waals surface area contributed by atoms with Gasteiger partial charge in [0.1, 0.15) is 16.4 Å². The predicted molar refractivity (Wildman–Crippen MR) is 109 cm³/mol. The maximum absolute atomic E-state index is 12.9. The molecule has 2 N–H and O–H groups in total. The molecule has 0 aliphatic rings. The van der Waals surface area contributed by atoms with Crippen LogP contribution in [0.15, 0.2) is 54.6 Å². The zero-order valence-corrected chi connectivity index (χ0v) is 16.2. The second-order valence-electron chi connectivity index (χ2n) is 5.56. The quantitative estimate of drug-likeness (QED) is 0.632. The number of hydrogen-bond donors (Lipinski definition) is 2. The summed E-state index contributed by atoms with van der Waals surface area (Å²) in [4.78, 5) is 28.8. The normalized spacial score (nSPS) is 10.2. The molecule has 3 aromatic rings. The van der Waals surface area contributed by atoms with Gasteiger partial charge in [0.2, 0.25) is 0 Å². The van der Waals surface area contributed by atoms with E-state index in [1.165, 1.54) is 7.11 Å². The highest BCUT2D eigenvalue weighted by molar-refractivity contribution is 7.20. The van der Waals surface area contributed by atoms with E-state index in [1.807, 2.05) is 43.3 Å². The summed E-state index contributed by atoms with van der Waals surface area (Å²) in [7, 11) is 1.27. The summed E-state index contributed by atoms with van der Waals surface area (Å²) < 4.78 is 10.2. The van der Waals surface area contributed by atoms with Gasteiger partial charge in [0, 0.05) is 5.56 Å². The Labute approximate surface area is 166 Å². The number of para-hydroxylation sites is 1. The molecule has 144 valence electrons. The van der Waals surface area contributed by atoms with Crippen LogP contribution in [0.1, 0.15) is 17.3 Å². The molecule has 0 saturated heterocycles. The molecule has 0 aliphatic carbocycles. The number of ether oxygens (including phenoxy) is 2. The van der Waals surface area contributed by atoms with Gasteiger partial charge in [-0.25, -0.2) is 9.78 Å². The van der Waals surface area contributed by atoms with Crippen LogP contribution in [0.4, 0.5) is 14.9 Å². The Morgan fingerprint density at radius 1 is 1.04 bits per heavy atom. The van der Waals surface area contributed by atoms with Crippen molar-refractivity contribution in [2.75, 3.05) is 24.4 Å². The molecular formula is C20H19N3O4S. The lowest BCUT2D eigenvalue weighted by atomic mass is 10.1. The lowest BCUT2D eigenvalue weighted by Gasteiger charge is -2.10. The Morgan fingerprint density at radius 3 is 2.46 bits per heavy atom. The van der Waals surface area contributed by atoms with Crippen LogP contribution in [0.2, 0.25) is 0 Å². The van der Waals surface area contributed by atoms with Crippen LogP contribution in [0.5, 0.6) is 5.75 Å². The molecule has 2 amide bonds. The number of carbonyl (C=O) groups is 2. The van der Waals surface area contributed by atoms with Crippen LogP contribution < -0.4 is 15.4 Å². The van der Waals surface area contributed by atoms with Crippen LogP contribution in [0, 0.1) is 0 Å². The van der Waals surface area contributed by atoms with E-state index < -0.39 is 6.09 Å². The standard InChI is InChI=1S/C20H19N3O4S/c1-3-27-15-12-8-7-11-14(15)17(24)22-18-16(13-9-5-4-6-10-13)21-19(28-18)23-20(25)26-2/h4-12H,3H2,1-2H3,(H,22,24)(H,21,23,25). The van der Waals surface area contributed by atoms with Crippen LogP contribution in [-0.2, 0) is 4.74 Å². The van der Waals surface area contributed by atoms with Crippen molar-refractivity contribution in [3.8, 4) is 17.0 Å². The smallest absolute Gasteiger partial charge is 0.413 e. The monoisotopic (exact) mass is 397 g/mol. The number of hydrogen-bond acceptors (Lipinski definition) is 6. The second-order valence-corrected chi connectivity index (χ2v) is 6.56. The van der Waals surface area contributed by atoms with Gasteiger partial charge in [-0.3, -0.25) is 10.1 Å². The number of rotatable bonds is 6. The number of nitrogens with zero attached hydrogens (tertiary/aromatic N) is 1. The van der Waals surface area contributed by atoms with Crippen molar-refractivity contribution in [2.24, 2.45) is 0 Å². The summed E-state index contributed by atoms with van der Waals surface area (Å²) in [5.41, 5.74) is 1.78. The minimum atomic E-state index is -0.632. The van der Waals surface area contributed by atoms with E-state index in [-0.39, 0.29) is 5.91 Å². The molecule has 1 heterocycles. The lowest BCUT2D eigenvalue weighted by molar-refractivity contribution is 0.102. The van der Waals surface area contributed by atoms with E-state index in [9.17, 15) is 9.59 Å². The predicted octanol–water partition coefficient (Wildman–Crippen LogP) is 4.64. The molecular weight excluding hydrogens is 378 g/mol. The molecule has 1 aromatic heterocycles. The molecule has 0 spiro atoms. The van der Waals surface area contributed by atoms with E-state index in [2.05, 4.69) is 20.4 Å². The molecule has 0 aliphatic heterocycles. The Hall–Kier alpha value is -3.39. The third kappa shape index (κ3) is 4.47. The highest BCUT2D eigenvalue weighted by Gasteiger charge is 2.19. The van der Waals surface area contributed by atoms with Gasteiger partial charge in [-0.15, -0.1) is 0 Å². The highest BCUT2D eigenvalue weighted by Crippen LogP contribution is 2.36. The first-order valence-corrected chi connectivity index (χ1v) is 9.38. The third-order valence-electron chi connectivity index (χ3n) is 3.73. The van der Waals surface area contributed by atoms with Gasteiger partial charge in [-0.1, -0.05) is 53.8 Å². The van der Waals surface area contributed by atoms with E-state index in [1.54, 1.807) is 18.2 Å². The molecule has 7 nitrogen and oxygen atoms in total. The van der Waals surface area contributed by atoms with Crippen molar-refractivity contribution in [3.05, 3.63) is 60.2 Å². The fraction of sp³-hybridized carbons (Fsp3) is 0.150. The fourth-order valence-electron chi connectivity index (χ4n) is 2.49. The number of methoxy groups -OCH3 is 1. The average molecular weight is 397 g/mol. The van der Waals surface area contributed by atoms with Crippen LogP contribution in [0.3, 0.4) is 0 Å². The number of carbonyl (C=O) groups excluding carboxylic acids is 2. The van der Waals surface area contributed by atoms with Crippen molar-refractivity contribution >= 4 is 33.5 Å². The zero-order chi connectivity index (χ0) is 19.9. The summed E-state index contributed by atoms with van der Waals surface area (Å²) >= 11 is 1.14. The number of anilines is 2. The minimum Gasteiger partial charge on any atom is -0.493 e. The number of thiazole rings is 1. The number of nitrogens with one attached hydrogen (secondary N) is 2. The number of benzene rings is 2. The van der Waals surface area contributed by atoms with Crippen molar-refractivity contribution in [3.63, 3.8) is 0 Å². The molecule has 8 heteroatoms. The molecule has 2 aromatic carbocycles. The van der Waals surface area contributed by atoms with Crippen molar-refractivity contribution in [2.45, 2.75) is 6.92 Å². The highest BCUT2D eigenvalue weighted by atomic mass is 32.1. The first kappa shape index (κ1) is 19.4. The van der Waals surface area contributed by atoms with Gasteiger partial charge in [-0.05, 0) is 19.1 Å². The van der Waals surface area contributed by atoms with Gasteiger partial charge in [-0.2, -0.15) is 0 Å². The SMILES string of the molecule is CCOc1ccccc1C(=O)Nc1sc(NC(=O)OC)nc1-c1ccccc1. The maximum Gasteiger partial charge on any atom is 0.413 e. The van der Waals surface area contributed by atoms with Crippen LogP contribution in [0.25, 0.3) is 11.3 Å². The van der Waals surface area contributed by atoms with Gasteiger partial charge < -0.3 is 14.8 Å². The summed E-state index contributed by atoms with van der Waals surface area (Å²) in [6.07, 6.45) is -0.632. The lowest BCUT2D eigenvalue weighted by Crippen LogP contribution is -2.13. The Bertz CT molecular complexity index is 973. The molecule has 28 heavy (non-hydrogen) atoms. The topological polar surface area (TPSA) is 89.6 Å². The fourth-order valence-corrected chi connectivity index (χ4v) is 3.36. The summed E-state index contributed by atoms with van der Waals surface area (Å²) in [5, 5.41) is 6.24. The Balaban J connectivity index is 1.94. The van der Waals surface area contributed by atoms with E-state index >= 15 is 0 Å².